The van der Waals surface area contributed by atoms with Crippen LogP contribution < -0.4 is 5.32 Å². The number of fused-ring (bicyclic) bond motifs is 4. The molecule has 0 amide bonds. The number of hydrogen-bond donors (Lipinski definition) is 2. The van der Waals surface area contributed by atoms with Crippen LogP contribution in [0, 0.1) is 23.6 Å². The lowest BCUT2D eigenvalue weighted by atomic mass is 9.62. The van der Waals surface area contributed by atoms with Crippen LogP contribution in [-0.2, 0) is 0 Å². The molecule has 3 heterocycles. The molecule has 1 aromatic carbocycles. The summed E-state index contributed by atoms with van der Waals surface area (Å²) in [6.45, 7) is 2.38. The maximum Gasteiger partial charge on any atom is 0.164 e. The first-order valence-corrected chi connectivity index (χ1v) is 11.5. The molecule has 6 heteroatoms. The Morgan fingerprint density at radius 1 is 1.00 bits per heavy atom. The van der Waals surface area contributed by atoms with Gasteiger partial charge in [-0.2, -0.15) is 0 Å². The highest BCUT2D eigenvalue weighted by Gasteiger charge is 2.41. The van der Waals surface area contributed by atoms with E-state index in [0.717, 1.165) is 28.6 Å². The van der Waals surface area contributed by atoms with Crippen molar-refractivity contribution in [2.24, 2.45) is 17.8 Å². The zero-order chi connectivity index (χ0) is 21.7. The van der Waals surface area contributed by atoms with Crippen LogP contribution in [0.5, 0.6) is 0 Å². The summed E-state index contributed by atoms with van der Waals surface area (Å²) in [4.78, 5) is 17.0. The predicted octanol–water partition coefficient (Wildman–Crippen LogP) is 6.06. The molecule has 0 radical (unpaired) electrons. The molecule has 3 saturated carbocycles. The molecule has 2 bridgehead atoms. The fourth-order valence-electron chi connectivity index (χ4n) is 5.73. The predicted molar refractivity (Wildman–Crippen MR) is 125 cm³/mol. The van der Waals surface area contributed by atoms with Crippen LogP contribution in [0.3, 0.4) is 0 Å². The molecule has 4 aromatic rings. The second-order valence-electron chi connectivity index (χ2n) is 9.28. The number of aromatic nitrogens is 4. The van der Waals surface area contributed by atoms with Gasteiger partial charge in [0.15, 0.2) is 5.82 Å². The Kier molecular flexibility index (Phi) is 4.67. The van der Waals surface area contributed by atoms with E-state index in [2.05, 4.69) is 34.3 Å². The van der Waals surface area contributed by atoms with Crippen LogP contribution in [0.15, 0.2) is 54.9 Å². The standard InChI is InChI=1S/C26H26FN5/c1-15-16-7-9-18(10-8-16)24(15)31-23-12-22(17-5-3-2-4-6-17)30-26(32-23)21-14-29-25-20(21)11-19(27)13-28-25/h2-6,11-16,18,24H,7-10H2,1H3,(H,28,29)(H,30,31,32). The lowest BCUT2D eigenvalue weighted by Crippen LogP contribution is -2.47. The SMILES string of the molecule is CC1C2CCC(CC2)C1Nc1cc(-c2ccccc2)nc(-c2c[nH]c3ncc(F)cc23)n1. The van der Waals surface area contributed by atoms with Gasteiger partial charge in [-0.15, -0.1) is 0 Å². The van der Waals surface area contributed by atoms with Crippen LogP contribution in [-0.4, -0.2) is 26.0 Å². The average molecular weight is 428 g/mol. The molecule has 32 heavy (non-hydrogen) atoms. The Morgan fingerprint density at radius 2 is 1.78 bits per heavy atom. The zero-order valence-electron chi connectivity index (χ0n) is 18.1. The van der Waals surface area contributed by atoms with Gasteiger partial charge in [0.1, 0.15) is 17.3 Å². The Bertz CT molecular complexity index is 1260. The van der Waals surface area contributed by atoms with Gasteiger partial charge in [0.05, 0.1) is 11.9 Å². The van der Waals surface area contributed by atoms with Gasteiger partial charge in [-0.1, -0.05) is 37.3 Å². The van der Waals surface area contributed by atoms with E-state index in [1.54, 1.807) is 0 Å². The maximum absolute atomic E-state index is 13.9. The lowest BCUT2D eigenvalue weighted by Gasteiger charge is -2.47. The minimum Gasteiger partial charge on any atom is -0.367 e. The summed E-state index contributed by atoms with van der Waals surface area (Å²) in [5, 5.41) is 4.47. The second-order valence-corrected chi connectivity index (χ2v) is 9.28. The second kappa shape index (κ2) is 7.69. The van der Waals surface area contributed by atoms with Crippen molar-refractivity contribution in [1.82, 2.24) is 19.9 Å². The van der Waals surface area contributed by atoms with Crippen LogP contribution in [0.4, 0.5) is 10.2 Å². The molecule has 0 spiro atoms. The summed E-state index contributed by atoms with van der Waals surface area (Å²) >= 11 is 0. The Hall–Kier alpha value is -3.28. The smallest absolute Gasteiger partial charge is 0.164 e. The third-order valence-corrected chi connectivity index (χ3v) is 7.48. The number of nitrogens with one attached hydrogen (secondary N) is 2. The Morgan fingerprint density at radius 3 is 2.56 bits per heavy atom. The fourth-order valence-corrected chi connectivity index (χ4v) is 5.73. The van der Waals surface area contributed by atoms with Crippen LogP contribution >= 0.6 is 0 Å². The molecule has 2 atom stereocenters. The van der Waals surface area contributed by atoms with Crippen molar-refractivity contribution in [2.45, 2.75) is 38.6 Å². The number of aromatic amines is 1. The molecule has 2 unspecified atom stereocenters. The molecule has 0 aliphatic heterocycles. The van der Waals surface area contributed by atoms with E-state index in [1.807, 2.05) is 30.5 Å². The van der Waals surface area contributed by atoms with E-state index in [9.17, 15) is 4.39 Å². The first kappa shape index (κ1) is 19.4. The third kappa shape index (κ3) is 3.34. The molecule has 3 fully saturated rings. The monoisotopic (exact) mass is 427 g/mol. The van der Waals surface area contributed by atoms with E-state index in [-0.39, 0.29) is 5.82 Å². The van der Waals surface area contributed by atoms with Gasteiger partial charge in [0, 0.05) is 34.8 Å². The van der Waals surface area contributed by atoms with E-state index in [4.69, 9.17) is 9.97 Å². The number of nitrogens with zero attached hydrogens (tertiary/aromatic N) is 3. The molecule has 0 saturated heterocycles. The third-order valence-electron chi connectivity index (χ3n) is 7.48. The van der Waals surface area contributed by atoms with Crippen molar-refractivity contribution < 1.29 is 4.39 Å². The summed E-state index contributed by atoms with van der Waals surface area (Å²) in [7, 11) is 0. The summed E-state index contributed by atoms with van der Waals surface area (Å²) in [5.74, 6) is 3.16. The van der Waals surface area contributed by atoms with E-state index < -0.39 is 0 Å². The minimum absolute atomic E-state index is 0.372. The summed E-state index contributed by atoms with van der Waals surface area (Å²) < 4.78 is 13.9. The number of rotatable bonds is 4. The molecule has 3 aliphatic rings. The quantitative estimate of drug-likeness (QED) is 0.415. The summed E-state index contributed by atoms with van der Waals surface area (Å²) in [6, 6.07) is 14.1. The molecule has 7 rings (SSSR count). The number of hydrogen-bond acceptors (Lipinski definition) is 4. The van der Waals surface area contributed by atoms with Crippen molar-refractivity contribution >= 4 is 16.9 Å². The highest BCUT2D eigenvalue weighted by molar-refractivity contribution is 5.92. The van der Waals surface area contributed by atoms with Crippen molar-refractivity contribution in [3.63, 3.8) is 0 Å². The molecule has 5 nitrogen and oxygen atoms in total. The van der Waals surface area contributed by atoms with Crippen LogP contribution in [0.25, 0.3) is 33.7 Å². The number of pyridine rings is 1. The molecule has 162 valence electrons. The van der Waals surface area contributed by atoms with Crippen LogP contribution in [0.1, 0.15) is 32.6 Å². The van der Waals surface area contributed by atoms with Crippen molar-refractivity contribution in [1.29, 1.82) is 0 Å². The number of anilines is 1. The number of H-pyrrole nitrogens is 1. The summed E-state index contributed by atoms with van der Waals surface area (Å²) in [5.41, 5.74) is 3.26. The van der Waals surface area contributed by atoms with E-state index >= 15 is 0 Å². The highest BCUT2D eigenvalue weighted by atomic mass is 19.1. The van der Waals surface area contributed by atoms with Gasteiger partial charge in [-0.3, -0.25) is 0 Å². The van der Waals surface area contributed by atoms with Gasteiger partial charge in [0.25, 0.3) is 0 Å². The van der Waals surface area contributed by atoms with E-state index in [0.29, 0.717) is 34.7 Å². The van der Waals surface area contributed by atoms with Gasteiger partial charge < -0.3 is 10.3 Å². The van der Waals surface area contributed by atoms with Gasteiger partial charge in [-0.05, 0) is 49.5 Å². The largest absolute Gasteiger partial charge is 0.367 e. The Balaban J connectivity index is 1.45. The minimum atomic E-state index is -0.372. The van der Waals surface area contributed by atoms with E-state index in [1.165, 1.54) is 37.9 Å². The van der Waals surface area contributed by atoms with Crippen molar-refractivity contribution in [2.75, 3.05) is 5.32 Å². The first-order valence-electron chi connectivity index (χ1n) is 11.5. The molecule has 3 aromatic heterocycles. The molecule has 2 N–H and O–H groups in total. The van der Waals surface area contributed by atoms with Gasteiger partial charge in [0.2, 0.25) is 0 Å². The Labute approximate surface area is 186 Å². The topological polar surface area (TPSA) is 66.5 Å². The lowest BCUT2D eigenvalue weighted by molar-refractivity contribution is 0.0928. The zero-order valence-corrected chi connectivity index (χ0v) is 18.1. The van der Waals surface area contributed by atoms with Crippen molar-refractivity contribution in [3.8, 4) is 22.6 Å². The first-order chi connectivity index (χ1) is 15.7. The molecular weight excluding hydrogens is 401 g/mol. The van der Waals surface area contributed by atoms with Gasteiger partial charge in [-0.25, -0.2) is 19.3 Å². The summed E-state index contributed by atoms with van der Waals surface area (Å²) in [6.07, 6.45) is 8.32. The van der Waals surface area contributed by atoms with Crippen LogP contribution in [0.2, 0.25) is 0 Å². The normalized spacial score (nSPS) is 24.7. The molecular formula is C26H26FN5. The highest BCUT2D eigenvalue weighted by Crippen LogP contribution is 2.46. The van der Waals surface area contributed by atoms with Crippen molar-refractivity contribution in [3.05, 3.63) is 60.7 Å². The molecule has 3 aliphatic carbocycles. The number of halogens is 1. The number of benzene rings is 1. The average Bonchev–Trinajstić information content (AvgIpc) is 3.25. The fraction of sp³-hybridized carbons (Fsp3) is 0.346. The van der Waals surface area contributed by atoms with Gasteiger partial charge >= 0.3 is 0 Å². The maximum atomic E-state index is 13.9.